The molecule has 0 aliphatic heterocycles. The fourth-order valence-electron chi connectivity index (χ4n) is 1.97. The van der Waals surface area contributed by atoms with E-state index in [9.17, 15) is 8.78 Å². The predicted molar refractivity (Wildman–Crippen MR) is 65.2 cm³/mol. The maximum Gasteiger partial charge on any atom is 0.163 e. The second-order valence-electron chi connectivity index (χ2n) is 4.09. The molecule has 18 heavy (non-hydrogen) atoms. The van der Waals surface area contributed by atoms with Crippen molar-refractivity contribution in [3.8, 4) is 0 Å². The van der Waals surface area contributed by atoms with Crippen molar-refractivity contribution in [2.45, 2.75) is 19.4 Å². The molecule has 1 unspecified atom stereocenters. The highest BCUT2D eigenvalue weighted by Crippen LogP contribution is 2.23. The summed E-state index contributed by atoms with van der Waals surface area (Å²) in [5, 5.41) is 3.16. The minimum atomic E-state index is -0.817. The number of likely N-dealkylation sites (N-methyl/N-ethyl adjacent to an activating group) is 1. The fourth-order valence-corrected chi connectivity index (χ4v) is 1.97. The third-order valence-corrected chi connectivity index (χ3v) is 2.83. The third kappa shape index (κ3) is 2.76. The van der Waals surface area contributed by atoms with E-state index in [2.05, 4.69) is 5.32 Å². The van der Waals surface area contributed by atoms with Gasteiger partial charge in [-0.2, -0.15) is 0 Å². The van der Waals surface area contributed by atoms with E-state index in [1.165, 1.54) is 6.07 Å². The van der Waals surface area contributed by atoms with Gasteiger partial charge in [-0.1, -0.05) is 19.1 Å². The monoisotopic (exact) mass is 251 g/mol. The highest BCUT2D eigenvalue weighted by Gasteiger charge is 2.18. The lowest BCUT2D eigenvalue weighted by atomic mass is 9.99. The predicted octanol–water partition coefficient (Wildman–Crippen LogP) is 3.45. The van der Waals surface area contributed by atoms with Gasteiger partial charge in [0.2, 0.25) is 0 Å². The Labute approximate surface area is 105 Å². The lowest BCUT2D eigenvalue weighted by Crippen LogP contribution is -2.24. The molecule has 0 saturated carbocycles. The molecule has 2 aromatic rings. The zero-order valence-corrected chi connectivity index (χ0v) is 10.1. The quantitative estimate of drug-likeness (QED) is 0.880. The normalized spacial score (nSPS) is 12.6. The number of furan rings is 1. The summed E-state index contributed by atoms with van der Waals surface area (Å²) >= 11 is 0. The molecule has 1 atom stereocenters. The summed E-state index contributed by atoms with van der Waals surface area (Å²) in [5.74, 6) is -1.60. The molecule has 1 aromatic heterocycles. The Morgan fingerprint density at radius 3 is 2.78 bits per heavy atom. The van der Waals surface area contributed by atoms with E-state index in [0.29, 0.717) is 18.5 Å². The summed E-state index contributed by atoms with van der Waals surface area (Å²) in [4.78, 5) is 0. The molecule has 0 saturated heterocycles. The third-order valence-electron chi connectivity index (χ3n) is 2.83. The van der Waals surface area contributed by atoms with Crippen LogP contribution in [0.15, 0.2) is 41.2 Å². The number of halogens is 2. The first-order valence-corrected chi connectivity index (χ1v) is 5.90. The molecule has 0 radical (unpaired) electrons. The van der Waals surface area contributed by atoms with Gasteiger partial charge in [-0.3, -0.25) is 0 Å². The van der Waals surface area contributed by atoms with E-state index in [4.69, 9.17) is 4.42 Å². The van der Waals surface area contributed by atoms with Crippen molar-refractivity contribution in [2.24, 2.45) is 0 Å². The van der Waals surface area contributed by atoms with Gasteiger partial charge in [0.25, 0.3) is 0 Å². The molecule has 0 spiro atoms. The molecule has 1 N–H and O–H groups in total. The van der Waals surface area contributed by atoms with Crippen molar-refractivity contribution in [2.75, 3.05) is 6.54 Å². The highest BCUT2D eigenvalue weighted by atomic mass is 19.2. The van der Waals surface area contributed by atoms with E-state index in [1.54, 1.807) is 18.6 Å². The first kappa shape index (κ1) is 12.8. The molecular formula is C14H15F2NO. The molecule has 1 heterocycles. The minimum absolute atomic E-state index is 0.261. The maximum atomic E-state index is 13.8. The van der Waals surface area contributed by atoms with Crippen molar-refractivity contribution < 1.29 is 13.2 Å². The highest BCUT2D eigenvalue weighted by molar-refractivity contribution is 5.24. The van der Waals surface area contributed by atoms with Gasteiger partial charge in [-0.15, -0.1) is 0 Å². The van der Waals surface area contributed by atoms with Crippen molar-refractivity contribution in [1.29, 1.82) is 0 Å². The fraction of sp³-hybridized carbons (Fsp3) is 0.286. The van der Waals surface area contributed by atoms with Crippen LogP contribution < -0.4 is 5.32 Å². The van der Waals surface area contributed by atoms with Crippen LogP contribution >= 0.6 is 0 Å². The summed E-state index contributed by atoms with van der Waals surface area (Å²) in [6.07, 6.45) is 3.74. The summed E-state index contributed by atoms with van der Waals surface area (Å²) in [6, 6.07) is 5.81. The molecule has 0 aliphatic carbocycles. The van der Waals surface area contributed by atoms with Gasteiger partial charge in [0.05, 0.1) is 12.5 Å². The molecule has 96 valence electrons. The molecule has 0 fully saturated rings. The van der Waals surface area contributed by atoms with Crippen LogP contribution in [0.5, 0.6) is 0 Å². The summed E-state index contributed by atoms with van der Waals surface area (Å²) in [5.41, 5.74) is 1.29. The molecule has 1 aromatic carbocycles. The Kier molecular flexibility index (Phi) is 4.10. The Bertz CT molecular complexity index is 497. The van der Waals surface area contributed by atoms with Crippen molar-refractivity contribution in [1.82, 2.24) is 5.32 Å². The van der Waals surface area contributed by atoms with Gasteiger partial charge in [0, 0.05) is 11.6 Å². The first-order chi connectivity index (χ1) is 8.72. The number of benzene rings is 1. The van der Waals surface area contributed by atoms with E-state index in [-0.39, 0.29) is 6.04 Å². The van der Waals surface area contributed by atoms with E-state index >= 15 is 0 Å². The number of nitrogens with one attached hydrogen (secondary N) is 1. The molecule has 0 amide bonds. The van der Waals surface area contributed by atoms with Crippen LogP contribution in [0.25, 0.3) is 0 Å². The van der Waals surface area contributed by atoms with Gasteiger partial charge in [-0.05, 0) is 30.7 Å². The Morgan fingerprint density at radius 1 is 1.28 bits per heavy atom. The zero-order valence-electron chi connectivity index (χ0n) is 10.1. The largest absolute Gasteiger partial charge is 0.472 e. The van der Waals surface area contributed by atoms with E-state index in [1.807, 2.05) is 13.0 Å². The van der Waals surface area contributed by atoms with Crippen LogP contribution in [0.3, 0.4) is 0 Å². The lowest BCUT2D eigenvalue weighted by Gasteiger charge is -2.18. The van der Waals surface area contributed by atoms with Gasteiger partial charge >= 0.3 is 0 Å². The van der Waals surface area contributed by atoms with E-state index < -0.39 is 11.6 Å². The van der Waals surface area contributed by atoms with Gasteiger partial charge in [0.1, 0.15) is 0 Å². The zero-order chi connectivity index (χ0) is 13.0. The summed E-state index contributed by atoms with van der Waals surface area (Å²) in [7, 11) is 0. The number of hydrogen-bond donors (Lipinski definition) is 1. The van der Waals surface area contributed by atoms with E-state index in [0.717, 1.165) is 11.6 Å². The second-order valence-corrected chi connectivity index (χ2v) is 4.09. The Morgan fingerprint density at radius 2 is 2.11 bits per heavy atom. The minimum Gasteiger partial charge on any atom is -0.472 e. The molecule has 2 nitrogen and oxygen atoms in total. The van der Waals surface area contributed by atoms with Gasteiger partial charge in [-0.25, -0.2) is 8.78 Å². The Hall–Kier alpha value is -1.68. The lowest BCUT2D eigenvalue weighted by molar-refractivity contribution is 0.463. The molecule has 0 aliphatic rings. The van der Waals surface area contributed by atoms with Crippen molar-refractivity contribution >= 4 is 0 Å². The second kappa shape index (κ2) is 5.78. The number of rotatable bonds is 5. The molecule has 0 bridgehead atoms. The van der Waals surface area contributed by atoms with Crippen molar-refractivity contribution in [3.63, 3.8) is 0 Å². The molecule has 2 rings (SSSR count). The smallest absolute Gasteiger partial charge is 0.163 e. The number of hydrogen-bond acceptors (Lipinski definition) is 2. The van der Waals surface area contributed by atoms with Crippen LogP contribution in [-0.2, 0) is 6.42 Å². The summed E-state index contributed by atoms with van der Waals surface area (Å²) in [6.45, 7) is 2.61. The van der Waals surface area contributed by atoms with Gasteiger partial charge in [0.15, 0.2) is 11.6 Å². The average molecular weight is 251 g/mol. The van der Waals surface area contributed by atoms with Crippen LogP contribution in [0.2, 0.25) is 0 Å². The Balaban J connectivity index is 2.26. The average Bonchev–Trinajstić information content (AvgIpc) is 2.85. The topological polar surface area (TPSA) is 25.2 Å². The maximum absolute atomic E-state index is 13.8. The van der Waals surface area contributed by atoms with Gasteiger partial charge < -0.3 is 9.73 Å². The SMILES string of the molecule is CCNC(Cc1ccoc1)c1cccc(F)c1F. The summed E-state index contributed by atoms with van der Waals surface area (Å²) < 4.78 is 32.0. The molecular weight excluding hydrogens is 236 g/mol. The van der Waals surface area contributed by atoms with Crippen LogP contribution in [0, 0.1) is 11.6 Å². The molecule has 4 heteroatoms. The standard InChI is InChI=1S/C14H15F2NO/c1-2-17-13(8-10-6-7-18-9-10)11-4-3-5-12(15)14(11)16/h3-7,9,13,17H,2,8H2,1H3. The van der Waals surface area contributed by atoms with Crippen molar-refractivity contribution in [3.05, 3.63) is 59.6 Å². The van der Waals surface area contributed by atoms with Crippen LogP contribution in [0.1, 0.15) is 24.1 Å². The first-order valence-electron chi connectivity index (χ1n) is 5.90. The van der Waals surface area contributed by atoms with Crippen LogP contribution in [-0.4, -0.2) is 6.54 Å². The van der Waals surface area contributed by atoms with Crippen LogP contribution in [0.4, 0.5) is 8.78 Å².